The van der Waals surface area contributed by atoms with Crippen LogP contribution in [0.1, 0.15) is 76.7 Å². The lowest BCUT2D eigenvalue weighted by atomic mass is 9.97. The molecule has 6 atom stereocenters. The second-order valence-electron chi connectivity index (χ2n) is 12.8. The molecular formula is C36H57N5O13. The fourth-order valence-corrected chi connectivity index (χ4v) is 5.41. The monoisotopic (exact) mass is 767 g/mol. The van der Waals surface area contributed by atoms with Gasteiger partial charge in [0.1, 0.15) is 37.0 Å². The summed E-state index contributed by atoms with van der Waals surface area (Å²) in [5.74, 6) is -2.59. The Morgan fingerprint density at radius 1 is 0.833 bits per heavy atom. The number of esters is 1. The molecule has 304 valence electrons. The van der Waals surface area contributed by atoms with Gasteiger partial charge in [0.25, 0.3) is 0 Å². The zero-order chi connectivity index (χ0) is 39.7. The lowest BCUT2D eigenvalue weighted by Gasteiger charge is -2.42. The van der Waals surface area contributed by atoms with Crippen molar-refractivity contribution in [2.75, 3.05) is 39.5 Å². The Morgan fingerprint density at radius 2 is 1.56 bits per heavy atom. The van der Waals surface area contributed by atoms with Crippen molar-refractivity contribution in [2.24, 2.45) is 5.73 Å². The van der Waals surface area contributed by atoms with E-state index in [1.807, 2.05) is 30.3 Å². The number of amides is 5. The van der Waals surface area contributed by atoms with Crippen LogP contribution in [0.15, 0.2) is 30.3 Å². The quantitative estimate of drug-likeness (QED) is 0.0387. The first-order valence-electron chi connectivity index (χ1n) is 18.3. The molecule has 5 amide bonds. The van der Waals surface area contributed by atoms with Crippen molar-refractivity contribution >= 4 is 35.5 Å². The zero-order valence-electron chi connectivity index (χ0n) is 30.9. The molecule has 0 saturated carbocycles. The highest BCUT2D eigenvalue weighted by Crippen LogP contribution is 2.22. The van der Waals surface area contributed by atoms with Gasteiger partial charge in [0.2, 0.25) is 29.5 Å². The summed E-state index contributed by atoms with van der Waals surface area (Å²) in [5.41, 5.74) is 6.18. The normalized spacial score (nSPS) is 20.0. The second kappa shape index (κ2) is 26.6. The van der Waals surface area contributed by atoms with E-state index >= 15 is 0 Å². The van der Waals surface area contributed by atoms with Gasteiger partial charge >= 0.3 is 5.97 Å². The van der Waals surface area contributed by atoms with Gasteiger partial charge in [0, 0.05) is 45.7 Å². The molecule has 2 rings (SSSR count). The smallest absolute Gasteiger partial charge is 0.306 e. The summed E-state index contributed by atoms with van der Waals surface area (Å²) in [5, 5.41) is 40.3. The number of ether oxygens (including phenoxy) is 4. The number of aliphatic hydroxyl groups excluding tert-OH is 3. The Morgan fingerprint density at radius 3 is 2.26 bits per heavy atom. The van der Waals surface area contributed by atoms with E-state index in [2.05, 4.69) is 21.3 Å². The van der Waals surface area contributed by atoms with E-state index in [1.54, 1.807) is 0 Å². The highest BCUT2D eigenvalue weighted by Gasteiger charge is 2.45. The van der Waals surface area contributed by atoms with Crippen LogP contribution in [0.2, 0.25) is 0 Å². The summed E-state index contributed by atoms with van der Waals surface area (Å²) in [4.78, 5) is 72.3. The summed E-state index contributed by atoms with van der Waals surface area (Å²) < 4.78 is 21.7. The van der Waals surface area contributed by atoms with Gasteiger partial charge in [-0.05, 0) is 31.2 Å². The molecule has 1 heterocycles. The fraction of sp³-hybridized carbons (Fsp3) is 0.667. The number of aliphatic hydroxyl groups is 3. The Kier molecular flexibility index (Phi) is 22.6. The molecule has 9 N–H and O–H groups in total. The third-order valence-corrected chi connectivity index (χ3v) is 8.32. The van der Waals surface area contributed by atoms with Crippen LogP contribution in [0.3, 0.4) is 0 Å². The maximum absolute atomic E-state index is 12.8. The number of carbonyl (C=O) groups excluding carboxylic acids is 6. The Labute approximate surface area is 315 Å². The molecule has 0 spiro atoms. The molecule has 1 aliphatic heterocycles. The van der Waals surface area contributed by atoms with Gasteiger partial charge in [-0.2, -0.15) is 0 Å². The molecule has 1 fully saturated rings. The van der Waals surface area contributed by atoms with Crippen molar-refractivity contribution in [3.8, 4) is 0 Å². The van der Waals surface area contributed by atoms with Gasteiger partial charge in [-0.25, -0.2) is 0 Å². The average Bonchev–Trinajstić information content (AvgIpc) is 3.14. The van der Waals surface area contributed by atoms with Crippen LogP contribution < -0.4 is 27.0 Å². The number of benzene rings is 1. The third kappa shape index (κ3) is 19.2. The predicted octanol–water partition coefficient (Wildman–Crippen LogP) is -1.19. The summed E-state index contributed by atoms with van der Waals surface area (Å²) in [7, 11) is 0. The molecule has 0 aliphatic carbocycles. The maximum Gasteiger partial charge on any atom is 0.306 e. The number of hydrogen-bond donors (Lipinski definition) is 8. The SMILES string of the molecule is CC(=O)N[C@H]1[C@H](OCCOCCNC(=O)C(CCC(N)=O)NC(=O)CCCC(=O)NCCCCCCC(=O)OCc2ccccc2)O[C@H](CO)[C@H](O)[C@@H]1O. The minimum Gasteiger partial charge on any atom is -0.461 e. The van der Waals surface area contributed by atoms with Gasteiger partial charge < -0.3 is 61.3 Å². The van der Waals surface area contributed by atoms with Crippen LogP contribution in [-0.2, 0) is 54.3 Å². The molecule has 54 heavy (non-hydrogen) atoms. The standard InChI is InChI=1S/C36H57N5O13/c1-24(43)40-32-34(49)33(48)27(22-42)54-36(32)52-21-20-51-19-18-39-35(50)26(15-16-28(37)44)41-30(46)13-9-12-29(45)38-17-8-3-2-7-14-31(47)53-23-25-10-5-4-6-11-25/h4-6,10-11,26-27,32-34,36,42,48-49H,2-3,7-9,12-23H2,1H3,(H2,37,44)(H,38,45)(H,39,50)(H,40,43)(H,41,46)/t26?,27-,32-,33+,34-,36-/m1/s1. The van der Waals surface area contributed by atoms with Gasteiger partial charge in [-0.15, -0.1) is 0 Å². The summed E-state index contributed by atoms with van der Waals surface area (Å²) in [6.45, 7) is 1.44. The highest BCUT2D eigenvalue weighted by atomic mass is 16.7. The average molecular weight is 768 g/mol. The summed E-state index contributed by atoms with van der Waals surface area (Å²) in [6.07, 6.45) is -1.54. The number of primary amides is 1. The van der Waals surface area contributed by atoms with Gasteiger partial charge in [-0.3, -0.25) is 28.8 Å². The van der Waals surface area contributed by atoms with E-state index in [9.17, 15) is 44.1 Å². The van der Waals surface area contributed by atoms with Crippen LogP contribution in [0.4, 0.5) is 0 Å². The third-order valence-electron chi connectivity index (χ3n) is 8.32. The molecule has 1 aromatic carbocycles. The molecule has 18 nitrogen and oxygen atoms in total. The van der Waals surface area contributed by atoms with Gasteiger partial charge in [0.15, 0.2) is 6.29 Å². The number of carbonyl (C=O) groups is 6. The predicted molar refractivity (Wildman–Crippen MR) is 192 cm³/mol. The topological polar surface area (TPSA) is 274 Å². The Bertz CT molecular complexity index is 1300. The van der Waals surface area contributed by atoms with Crippen LogP contribution in [0, 0.1) is 0 Å². The van der Waals surface area contributed by atoms with Gasteiger partial charge in [0.05, 0.1) is 26.4 Å². The number of nitrogens with one attached hydrogen (secondary N) is 4. The number of hydrogen-bond acceptors (Lipinski definition) is 13. The zero-order valence-corrected chi connectivity index (χ0v) is 30.9. The lowest BCUT2D eigenvalue weighted by Crippen LogP contribution is -2.64. The van der Waals surface area contributed by atoms with Crippen LogP contribution in [-0.4, -0.2) is 127 Å². The number of nitrogens with two attached hydrogens (primary N) is 1. The minimum atomic E-state index is -1.45. The van der Waals surface area contributed by atoms with E-state index in [0.29, 0.717) is 19.4 Å². The van der Waals surface area contributed by atoms with Crippen LogP contribution >= 0.6 is 0 Å². The molecule has 1 aromatic rings. The Hall–Kier alpha value is -4.20. The molecule has 0 radical (unpaired) electrons. The van der Waals surface area contributed by atoms with Crippen LogP contribution in [0.5, 0.6) is 0 Å². The van der Waals surface area contributed by atoms with E-state index in [4.69, 9.17) is 24.7 Å². The van der Waals surface area contributed by atoms with Crippen LogP contribution in [0.25, 0.3) is 0 Å². The van der Waals surface area contributed by atoms with Crippen molar-refractivity contribution in [1.82, 2.24) is 21.3 Å². The van der Waals surface area contributed by atoms with E-state index in [-0.39, 0.29) is 77.0 Å². The molecule has 1 unspecified atom stereocenters. The lowest BCUT2D eigenvalue weighted by molar-refractivity contribution is -0.272. The van der Waals surface area contributed by atoms with E-state index in [0.717, 1.165) is 24.8 Å². The van der Waals surface area contributed by atoms with Crippen molar-refractivity contribution in [2.45, 2.75) is 114 Å². The Balaban J connectivity index is 1.58. The number of unbranched alkanes of at least 4 members (excludes halogenated alkanes) is 3. The molecule has 1 saturated heterocycles. The highest BCUT2D eigenvalue weighted by molar-refractivity contribution is 5.88. The maximum atomic E-state index is 12.8. The van der Waals surface area contributed by atoms with E-state index < -0.39 is 66.9 Å². The fourth-order valence-electron chi connectivity index (χ4n) is 5.41. The molecule has 18 heteroatoms. The first kappa shape index (κ1) is 46.0. The first-order valence-corrected chi connectivity index (χ1v) is 18.3. The first-order chi connectivity index (χ1) is 25.9. The number of rotatable bonds is 27. The molecule has 0 aromatic heterocycles. The van der Waals surface area contributed by atoms with Crippen molar-refractivity contribution in [3.63, 3.8) is 0 Å². The second-order valence-corrected chi connectivity index (χ2v) is 12.8. The van der Waals surface area contributed by atoms with Crippen molar-refractivity contribution in [3.05, 3.63) is 35.9 Å². The molecular weight excluding hydrogens is 710 g/mol. The van der Waals surface area contributed by atoms with E-state index in [1.165, 1.54) is 6.92 Å². The van der Waals surface area contributed by atoms with Crippen molar-refractivity contribution < 1.29 is 63.0 Å². The van der Waals surface area contributed by atoms with Gasteiger partial charge in [-0.1, -0.05) is 43.2 Å². The molecule has 0 bridgehead atoms. The minimum absolute atomic E-state index is 0.0141. The summed E-state index contributed by atoms with van der Waals surface area (Å²) in [6, 6.07) is 7.33. The van der Waals surface area contributed by atoms with Crippen molar-refractivity contribution in [1.29, 1.82) is 0 Å². The largest absolute Gasteiger partial charge is 0.461 e. The molecule has 1 aliphatic rings. The summed E-state index contributed by atoms with van der Waals surface area (Å²) >= 11 is 0.